The van der Waals surface area contributed by atoms with Gasteiger partial charge in [-0.05, 0) is 37.1 Å². The first-order chi connectivity index (χ1) is 11.3. The summed E-state index contributed by atoms with van der Waals surface area (Å²) in [5.74, 6) is -0.150. The number of anilines is 1. The molecule has 1 aromatic carbocycles. The number of sulfonamides is 1. The minimum absolute atomic E-state index is 0.150. The van der Waals surface area contributed by atoms with Gasteiger partial charge in [0.1, 0.15) is 0 Å². The number of benzene rings is 1. The van der Waals surface area contributed by atoms with Crippen molar-refractivity contribution in [1.29, 1.82) is 0 Å². The number of aryl methyl sites for hydroxylation is 1. The average molecular weight is 365 g/mol. The lowest BCUT2D eigenvalue weighted by molar-refractivity contribution is 0.0954. The van der Waals surface area contributed by atoms with Crippen LogP contribution in [0, 0.1) is 6.92 Å². The molecule has 0 radical (unpaired) electrons. The average Bonchev–Trinajstić information content (AvgIpc) is 3.12. The predicted octanol–water partition coefficient (Wildman–Crippen LogP) is 1.75. The van der Waals surface area contributed by atoms with Gasteiger partial charge >= 0.3 is 0 Å². The van der Waals surface area contributed by atoms with E-state index in [4.69, 9.17) is 0 Å². The summed E-state index contributed by atoms with van der Waals surface area (Å²) in [7, 11) is -3.27. The smallest absolute Gasteiger partial charge is 0.251 e. The fourth-order valence-electron chi connectivity index (χ4n) is 2.79. The Bertz CT molecular complexity index is 874. The molecule has 128 valence electrons. The van der Waals surface area contributed by atoms with E-state index in [9.17, 15) is 13.2 Å². The second-order valence-electron chi connectivity index (χ2n) is 5.79. The summed E-state index contributed by atoms with van der Waals surface area (Å²) in [6.07, 6.45) is 2.52. The van der Waals surface area contributed by atoms with Gasteiger partial charge in [-0.2, -0.15) is 0 Å². The summed E-state index contributed by atoms with van der Waals surface area (Å²) < 4.78 is 24.9. The molecule has 3 rings (SSSR count). The lowest BCUT2D eigenvalue weighted by Crippen LogP contribution is -2.27. The Hall–Kier alpha value is -1.93. The number of carbonyl (C=O) groups is 1. The highest BCUT2D eigenvalue weighted by molar-refractivity contribution is 7.92. The van der Waals surface area contributed by atoms with E-state index >= 15 is 0 Å². The largest absolute Gasteiger partial charge is 0.352 e. The second-order valence-corrected chi connectivity index (χ2v) is 8.76. The molecule has 2 heterocycles. The first kappa shape index (κ1) is 16.9. The van der Waals surface area contributed by atoms with E-state index in [1.165, 1.54) is 10.6 Å². The van der Waals surface area contributed by atoms with Crippen molar-refractivity contribution in [2.24, 2.45) is 0 Å². The minimum atomic E-state index is -3.27. The van der Waals surface area contributed by atoms with E-state index in [-0.39, 0.29) is 5.91 Å². The zero-order valence-electron chi connectivity index (χ0n) is 13.6. The molecule has 1 N–H and O–H groups in total. The predicted molar refractivity (Wildman–Crippen MR) is 95.2 cm³/mol. The summed E-state index contributed by atoms with van der Waals surface area (Å²) in [4.78, 5) is 16.6. The number of hydrogen-bond acceptors (Lipinski definition) is 5. The van der Waals surface area contributed by atoms with E-state index < -0.39 is 10.0 Å². The number of rotatable bonds is 5. The lowest BCUT2D eigenvalue weighted by atomic mass is 10.1. The van der Waals surface area contributed by atoms with Crippen LogP contribution in [0.3, 0.4) is 0 Å². The van der Waals surface area contributed by atoms with Crippen molar-refractivity contribution >= 4 is 33.0 Å². The Morgan fingerprint density at radius 3 is 2.88 bits per heavy atom. The quantitative estimate of drug-likeness (QED) is 0.875. The van der Waals surface area contributed by atoms with Crippen LogP contribution in [0.2, 0.25) is 0 Å². The van der Waals surface area contributed by atoms with E-state index in [2.05, 4.69) is 10.3 Å². The van der Waals surface area contributed by atoms with Crippen LogP contribution in [0.4, 0.5) is 5.69 Å². The van der Waals surface area contributed by atoms with Crippen molar-refractivity contribution in [3.63, 3.8) is 0 Å². The van der Waals surface area contributed by atoms with E-state index in [1.54, 1.807) is 29.5 Å². The molecule has 0 saturated heterocycles. The number of carbonyl (C=O) groups excluding carboxylic acids is 1. The number of hydrogen-bond donors (Lipinski definition) is 1. The zero-order valence-corrected chi connectivity index (χ0v) is 15.2. The van der Waals surface area contributed by atoms with Gasteiger partial charge in [-0.3, -0.25) is 9.10 Å². The van der Waals surface area contributed by atoms with E-state index in [0.717, 1.165) is 16.3 Å². The molecule has 0 fully saturated rings. The van der Waals surface area contributed by atoms with Crippen LogP contribution < -0.4 is 9.62 Å². The molecule has 1 aromatic heterocycles. The summed E-state index contributed by atoms with van der Waals surface area (Å²) in [5, 5.41) is 5.90. The number of amides is 1. The Balaban J connectivity index is 1.64. The normalized spacial score (nSPS) is 13.8. The fraction of sp³-hybridized carbons (Fsp3) is 0.375. The SMILES string of the molecule is Cc1nc(CCNC(=O)c2ccc3c(c2)CCN3S(C)(=O)=O)cs1. The third-order valence-corrected chi connectivity index (χ3v) is 5.93. The highest BCUT2D eigenvalue weighted by atomic mass is 32.2. The Labute approximate surface area is 145 Å². The minimum Gasteiger partial charge on any atom is -0.352 e. The second kappa shape index (κ2) is 6.52. The van der Waals surface area contributed by atoms with E-state index in [0.29, 0.717) is 37.2 Å². The third kappa shape index (κ3) is 3.59. The molecule has 24 heavy (non-hydrogen) atoms. The van der Waals surface area contributed by atoms with Crippen molar-refractivity contribution in [1.82, 2.24) is 10.3 Å². The lowest BCUT2D eigenvalue weighted by Gasteiger charge is -2.16. The van der Waals surface area contributed by atoms with Gasteiger partial charge in [0.05, 0.1) is 22.6 Å². The topological polar surface area (TPSA) is 79.4 Å². The van der Waals surface area contributed by atoms with Crippen molar-refractivity contribution < 1.29 is 13.2 Å². The molecule has 6 nitrogen and oxygen atoms in total. The molecule has 0 unspecified atom stereocenters. The molecule has 1 aliphatic rings. The van der Waals surface area contributed by atoms with Crippen molar-refractivity contribution in [3.8, 4) is 0 Å². The van der Waals surface area contributed by atoms with Gasteiger partial charge in [0.15, 0.2) is 0 Å². The summed E-state index contributed by atoms with van der Waals surface area (Å²) >= 11 is 1.60. The number of nitrogens with zero attached hydrogens (tertiary/aromatic N) is 2. The van der Waals surface area contributed by atoms with Crippen LogP contribution in [-0.4, -0.2) is 38.7 Å². The molecule has 2 aromatic rings. The van der Waals surface area contributed by atoms with Crippen LogP contribution >= 0.6 is 11.3 Å². The van der Waals surface area contributed by atoms with Crippen LogP contribution in [0.25, 0.3) is 0 Å². The van der Waals surface area contributed by atoms with E-state index in [1.807, 2.05) is 12.3 Å². The molecule has 0 bridgehead atoms. The van der Waals surface area contributed by atoms with Gasteiger partial charge in [0.2, 0.25) is 10.0 Å². The Kier molecular flexibility index (Phi) is 4.60. The highest BCUT2D eigenvalue weighted by Gasteiger charge is 2.26. The maximum Gasteiger partial charge on any atom is 0.251 e. The van der Waals surface area contributed by atoms with Gasteiger partial charge in [0.25, 0.3) is 5.91 Å². The summed E-state index contributed by atoms with van der Waals surface area (Å²) in [5.41, 5.74) is 3.10. The van der Waals surface area contributed by atoms with Gasteiger partial charge in [-0.1, -0.05) is 0 Å². The van der Waals surface area contributed by atoms with Gasteiger partial charge in [0, 0.05) is 30.5 Å². The molecule has 8 heteroatoms. The molecule has 1 aliphatic heterocycles. The highest BCUT2D eigenvalue weighted by Crippen LogP contribution is 2.30. The van der Waals surface area contributed by atoms with Crippen LogP contribution in [-0.2, 0) is 22.9 Å². The molecular formula is C16H19N3O3S2. The number of aromatic nitrogens is 1. The molecule has 0 spiro atoms. The standard InChI is InChI=1S/C16H19N3O3S2/c1-11-18-14(10-23-11)5-7-17-16(20)13-3-4-15-12(9-13)6-8-19(15)24(2,21)22/h3-4,9-10H,5-8H2,1-2H3,(H,17,20). The van der Waals surface area contributed by atoms with Gasteiger partial charge in [-0.25, -0.2) is 13.4 Å². The van der Waals surface area contributed by atoms with Crippen LogP contribution in [0.1, 0.15) is 26.6 Å². The maximum atomic E-state index is 12.3. The van der Waals surface area contributed by atoms with Crippen molar-refractivity contribution in [2.45, 2.75) is 19.8 Å². The third-order valence-electron chi connectivity index (χ3n) is 3.93. The summed E-state index contributed by atoms with van der Waals surface area (Å²) in [6, 6.07) is 5.16. The van der Waals surface area contributed by atoms with Crippen molar-refractivity contribution in [3.05, 3.63) is 45.4 Å². The summed E-state index contributed by atoms with van der Waals surface area (Å²) in [6.45, 7) is 2.91. The number of nitrogens with one attached hydrogen (secondary N) is 1. The fourth-order valence-corrected chi connectivity index (χ4v) is 4.39. The first-order valence-electron chi connectivity index (χ1n) is 7.64. The molecule has 0 aliphatic carbocycles. The molecule has 0 atom stereocenters. The van der Waals surface area contributed by atoms with Crippen LogP contribution in [0.15, 0.2) is 23.6 Å². The maximum absolute atomic E-state index is 12.3. The van der Waals surface area contributed by atoms with Gasteiger partial charge < -0.3 is 5.32 Å². The number of fused-ring (bicyclic) bond motifs is 1. The Morgan fingerprint density at radius 1 is 1.42 bits per heavy atom. The first-order valence-corrected chi connectivity index (χ1v) is 10.4. The molecule has 0 saturated carbocycles. The van der Waals surface area contributed by atoms with Crippen molar-refractivity contribution in [2.75, 3.05) is 23.7 Å². The zero-order chi connectivity index (χ0) is 17.3. The Morgan fingerprint density at radius 2 is 2.21 bits per heavy atom. The van der Waals surface area contributed by atoms with Gasteiger partial charge in [-0.15, -0.1) is 11.3 Å². The number of thiazole rings is 1. The monoisotopic (exact) mass is 365 g/mol. The van der Waals surface area contributed by atoms with Crippen LogP contribution in [0.5, 0.6) is 0 Å². The molecule has 1 amide bonds. The molecular weight excluding hydrogens is 346 g/mol.